The van der Waals surface area contributed by atoms with Crippen LogP contribution in [0.25, 0.3) is 0 Å². The van der Waals surface area contributed by atoms with Gasteiger partial charge in [0.1, 0.15) is 11.5 Å². The third kappa shape index (κ3) is 3.09. The van der Waals surface area contributed by atoms with Crippen molar-refractivity contribution in [2.24, 2.45) is 5.84 Å². The molecule has 21 heavy (non-hydrogen) atoms. The quantitative estimate of drug-likeness (QED) is 0.502. The van der Waals surface area contributed by atoms with E-state index in [4.69, 9.17) is 5.84 Å². The highest BCUT2D eigenvalue weighted by atomic mass is 19.1. The van der Waals surface area contributed by atoms with Crippen molar-refractivity contribution in [1.29, 1.82) is 0 Å². The molecule has 0 spiro atoms. The Morgan fingerprint density at radius 3 is 2.62 bits per heavy atom. The number of hydrazine groups is 1. The number of nitrogens with one attached hydrogen (secondary N) is 1. The van der Waals surface area contributed by atoms with E-state index in [9.17, 15) is 14.5 Å². The van der Waals surface area contributed by atoms with Crippen molar-refractivity contribution >= 4 is 17.1 Å². The van der Waals surface area contributed by atoms with Gasteiger partial charge in [0, 0.05) is 25.2 Å². The number of rotatable bonds is 5. The van der Waals surface area contributed by atoms with Crippen LogP contribution in [0, 0.1) is 15.9 Å². The van der Waals surface area contributed by atoms with Gasteiger partial charge in [-0.2, -0.15) is 0 Å². The third-order valence-corrected chi connectivity index (χ3v) is 3.14. The smallest absolute Gasteiger partial charge is 0.293 e. The van der Waals surface area contributed by atoms with E-state index in [2.05, 4.69) is 5.43 Å². The lowest BCUT2D eigenvalue weighted by Crippen LogP contribution is -2.20. The van der Waals surface area contributed by atoms with Crippen molar-refractivity contribution in [1.82, 2.24) is 0 Å². The van der Waals surface area contributed by atoms with E-state index in [0.717, 1.165) is 0 Å². The van der Waals surface area contributed by atoms with Crippen molar-refractivity contribution in [3.05, 3.63) is 64.0 Å². The molecule has 2 rings (SSSR count). The SMILES string of the molecule is CN(Cc1cccc([N+](=O)[O-])c1NN)c1ccccc1F. The Labute approximate surface area is 121 Å². The molecule has 2 aromatic rings. The maximum absolute atomic E-state index is 13.7. The number of nitro benzene ring substituents is 1. The number of anilines is 2. The summed E-state index contributed by atoms with van der Waals surface area (Å²) in [6.07, 6.45) is 0. The molecule has 6 nitrogen and oxygen atoms in total. The fourth-order valence-electron chi connectivity index (χ4n) is 2.14. The van der Waals surface area contributed by atoms with Gasteiger partial charge in [-0.25, -0.2) is 4.39 Å². The second-order valence-electron chi connectivity index (χ2n) is 4.52. The van der Waals surface area contributed by atoms with Gasteiger partial charge in [-0.15, -0.1) is 0 Å². The summed E-state index contributed by atoms with van der Waals surface area (Å²) in [4.78, 5) is 12.1. The van der Waals surface area contributed by atoms with Gasteiger partial charge in [0.15, 0.2) is 0 Å². The molecule has 7 heteroatoms. The van der Waals surface area contributed by atoms with Gasteiger partial charge in [-0.3, -0.25) is 16.0 Å². The fraction of sp³-hybridized carbons (Fsp3) is 0.143. The second kappa shape index (κ2) is 6.19. The van der Waals surface area contributed by atoms with Gasteiger partial charge >= 0.3 is 0 Å². The van der Waals surface area contributed by atoms with Crippen LogP contribution >= 0.6 is 0 Å². The molecule has 0 atom stereocenters. The molecule has 0 saturated heterocycles. The van der Waals surface area contributed by atoms with Crippen LogP contribution in [0.15, 0.2) is 42.5 Å². The predicted molar refractivity (Wildman–Crippen MR) is 79.4 cm³/mol. The summed E-state index contributed by atoms with van der Waals surface area (Å²) >= 11 is 0. The van der Waals surface area contributed by atoms with Gasteiger partial charge in [0.05, 0.1) is 10.6 Å². The van der Waals surface area contributed by atoms with Crippen molar-refractivity contribution in [3.8, 4) is 0 Å². The molecule has 2 aromatic carbocycles. The van der Waals surface area contributed by atoms with Crippen LogP contribution in [0.3, 0.4) is 0 Å². The number of hydrogen-bond donors (Lipinski definition) is 2. The summed E-state index contributed by atoms with van der Waals surface area (Å²) in [6.45, 7) is 0.280. The topological polar surface area (TPSA) is 84.4 Å². The average molecular weight is 290 g/mol. The maximum atomic E-state index is 13.7. The molecule has 0 aliphatic heterocycles. The normalized spacial score (nSPS) is 10.2. The highest BCUT2D eigenvalue weighted by Gasteiger charge is 2.18. The number of benzene rings is 2. The number of para-hydroxylation sites is 2. The first-order valence-electron chi connectivity index (χ1n) is 6.23. The average Bonchev–Trinajstić information content (AvgIpc) is 2.47. The van der Waals surface area contributed by atoms with Crippen molar-refractivity contribution < 1.29 is 9.31 Å². The monoisotopic (exact) mass is 290 g/mol. The van der Waals surface area contributed by atoms with Gasteiger partial charge in [-0.1, -0.05) is 24.3 Å². The first kappa shape index (κ1) is 14.7. The van der Waals surface area contributed by atoms with Crippen LogP contribution in [0.2, 0.25) is 0 Å². The first-order chi connectivity index (χ1) is 10.0. The van der Waals surface area contributed by atoms with Gasteiger partial charge < -0.3 is 10.3 Å². The molecule has 0 fully saturated rings. The minimum Gasteiger partial charge on any atom is -0.368 e. The van der Waals surface area contributed by atoms with E-state index in [1.165, 1.54) is 12.1 Å². The first-order valence-corrected chi connectivity index (χ1v) is 6.23. The van der Waals surface area contributed by atoms with Crippen LogP contribution in [0.4, 0.5) is 21.5 Å². The van der Waals surface area contributed by atoms with Crippen LogP contribution in [-0.2, 0) is 6.54 Å². The van der Waals surface area contributed by atoms with Crippen molar-refractivity contribution in [3.63, 3.8) is 0 Å². The minimum absolute atomic E-state index is 0.114. The number of nitrogens with two attached hydrogens (primary N) is 1. The number of nitrogen functional groups attached to an aromatic ring is 1. The zero-order valence-electron chi connectivity index (χ0n) is 11.4. The summed E-state index contributed by atoms with van der Waals surface area (Å²) in [5.74, 6) is 5.03. The highest BCUT2D eigenvalue weighted by Crippen LogP contribution is 2.29. The van der Waals surface area contributed by atoms with Crippen LogP contribution in [0.5, 0.6) is 0 Å². The van der Waals surface area contributed by atoms with Crippen molar-refractivity contribution in [2.75, 3.05) is 17.4 Å². The molecule has 0 aliphatic carbocycles. The number of hydrogen-bond acceptors (Lipinski definition) is 5. The largest absolute Gasteiger partial charge is 0.368 e. The zero-order chi connectivity index (χ0) is 15.4. The summed E-state index contributed by atoms with van der Waals surface area (Å²) in [5, 5.41) is 11.0. The molecule has 110 valence electrons. The van der Waals surface area contributed by atoms with Crippen molar-refractivity contribution in [2.45, 2.75) is 6.54 Å². The van der Waals surface area contributed by atoms with Crippen LogP contribution < -0.4 is 16.2 Å². The molecule has 0 radical (unpaired) electrons. The zero-order valence-corrected chi connectivity index (χ0v) is 11.4. The summed E-state index contributed by atoms with van der Waals surface area (Å²) in [6, 6.07) is 11.0. The number of halogens is 1. The van der Waals surface area contributed by atoms with Gasteiger partial charge in [0.2, 0.25) is 0 Å². The maximum Gasteiger partial charge on any atom is 0.293 e. The molecule has 0 saturated carbocycles. The van der Waals surface area contributed by atoms with Gasteiger partial charge in [-0.05, 0) is 12.1 Å². The van der Waals surface area contributed by atoms with Crippen LogP contribution in [-0.4, -0.2) is 12.0 Å². The number of nitrogens with zero attached hydrogens (tertiary/aromatic N) is 2. The fourth-order valence-corrected chi connectivity index (χ4v) is 2.14. The standard InChI is InChI=1S/C14H15FN4O2/c1-18(12-7-3-2-6-11(12)15)9-10-5-4-8-13(19(20)21)14(10)17-16/h2-8,17H,9,16H2,1H3. The lowest BCUT2D eigenvalue weighted by molar-refractivity contribution is -0.384. The lowest BCUT2D eigenvalue weighted by atomic mass is 10.1. The predicted octanol–water partition coefficient (Wildman–Crippen LogP) is 2.66. The van der Waals surface area contributed by atoms with E-state index in [1.807, 2.05) is 0 Å². The summed E-state index contributed by atoms with van der Waals surface area (Å²) in [5.41, 5.74) is 3.49. The summed E-state index contributed by atoms with van der Waals surface area (Å²) < 4.78 is 13.7. The molecule has 0 bridgehead atoms. The minimum atomic E-state index is -0.512. The number of nitro groups is 1. The Hall–Kier alpha value is -2.67. The molecular weight excluding hydrogens is 275 g/mol. The van der Waals surface area contributed by atoms with E-state index in [-0.39, 0.29) is 23.7 Å². The molecule has 0 aliphatic rings. The third-order valence-electron chi connectivity index (χ3n) is 3.14. The van der Waals surface area contributed by atoms with E-state index in [1.54, 1.807) is 42.3 Å². The van der Waals surface area contributed by atoms with E-state index in [0.29, 0.717) is 11.3 Å². The Morgan fingerprint density at radius 1 is 1.29 bits per heavy atom. The Bertz CT molecular complexity index is 663. The Morgan fingerprint density at radius 2 is 2.00 bits per heavy atom. The van der Waals surface area contributed by atoms with E-state index >= 15 is 0 Å². The highest BCUT2D eigenvalue weighted by molar-refractivity contribution is 5.66. The molecule has 0 heterocycles. The Kier molecular flexibility index (Phi) is 4.34. The molecular formula is C14H15FN4O2. The lowest BCUT2D eigenvalue weighted by Gasteiger charge is -2.21. The Balaban J connectivity index is 2.34. The van der Waals surface area contributed by atoms with E-state index < -0.39 is 4.92 Å². The molecule has 0 unspecified atom stereocenters. The van der Waals surface area contributed by atoms with Gasteiger partial charge in [0.25, 0.3) is 5.69 Å². The molecule has 0 amide bonds. The van der Waals surface area contributed by atoms with Crippen LogP contribution in [0.1, 0.15) is 5.56 Å². The molecule has 3 N–H and O–H groups in total. The summed E-state index contributed by atoms with van der Waals surface area (Å²) in [7, 11) is 1.71. The molecule has 0 aromatic heterocycles. The second-order valence-corrected chi connectivity index (χ2v) is 4.52.